The number of hydrazone groups is 1. The molecule has 2 atom stereocenters. The van der Waals surface area contributed by atoms with Crippen LogP contribution in [0.5, 0.6) is 0 Å². The predicted octanol–water partition coefficient (Wildman–Crippen LogP) is 4.27. The van der Waals surface area contributed by atoms with Crippen LogP contribution in [0.15, 0.2) is 29.4 Å². The van der Waals surface area contributed by atoms with Gasteiger partial charge in [0.25, 0.3) is 0 Å². The van der Waals surface area contributed by atoms with Crippen molar-refractivity contribution in [3.05, 3.63) is 35.6 Å². The van der Waals surface area contributed by atoms with E-state index in [-0.39, 0.29) is 17.1 Å². The van der Waals surface area contributed by atoms with Crippen molar-refractivity contribution in [1.29, 1.82) is 0 Å². The molecule has 4 aliphatic rings. The van der Waals surface area contributed by atoms with Crippen LogP contribution in [0.25, 0.3) is 0 Å². The van der Waals surface area contributed by atoms with Gasteiger partial charge in [0.2, 0.25) is 5.91 Å². The van der Waals surface area contributed by atoms with E-state index in [1.165, 1.54) is 31.5 Å². The van der Waals surface area contributed by atoms with Crippen LogP contribution < -0.4 is 5.43 Å². The highest BCUT2D eigenvalue weighted by atomic mass is 19.1. The summed E-state index contributed by atoms with van der Waals surface area (Å²) >= 11 is 0. The van der Waals surface area contributed by atoms with Gasteiger partial charge in [0.1, 0.15) is 5.82 Å². The summed E-state index contributed by atoms with van der Waals surface area (Å²) in [5, 5.41) is 4.04. The van der Waals surface area contributed by atoms with Crippen molar-refractivity contribution in [2.24, 2.45) is 27.3 Å². The molecule has 1 aromatic rings. The number of nitrogens with zero attached hydrogens (tertiary/aromatic N) is 1. The van der Waals surface area contributed by atoms with Crippen molar-refractivity contribution in [3.8, 4) is 0 Å². The Labute approximate surface area is 142 Å². The topological polar surface area (TPSA) is 41.5 Å². The molecule has 4 bridgehead atoms. The minimum Gasteiger partial charge on any atom is -0.273 e. The summed E-state index contributed by atoms with van der Waals surface area (Å²) in [4.78, 5) is 12.9. The summed E-state index contributed by atoms with van der Waals surface area (Å²) in [6, 6.07) is 6.44. The minimum absolute atomic E-state index is 0.0247. The first kappa shape index (κ1) is 15.8. The van der Waals surface area contributed by atoms with Crippen LogP contribution in [0.1, 0.15) is 57.9 Å². The largest absolute Gasteiger partial charge is 0.273 e. The number of carbonyl (C=O) groups excluding carboxylic acids is 1. The molecule has 128 valence electrons. The number of carbonyl (C=O) groups is 1. The summed E-state index contributed by atoms with van der Waals surface area (Å²) < 4.78 is 13.6. The van der Waals surface area contributed by atoms with Crippen LogP contribution in [0.2, 0.25) is 0 Å². The second kappa shape index (κ2) is 5.14. The third kappa shape index (κ3) is 2.56. The number of halogens is 1. The van der Waals surface area contributed by atoms with Gasteiger partial charge in [-0.3, -0.25) is 4.79 Å². The molecule has 2 unspecified atom stereocenters. The van der Waals surface area contributed by atoms with Crippen LogP contribution in [-0.2, 0) is 4.79 Å². The van der Waals surface area contributed by atoms with Crippen LogP contribution >= 0.6 is 0 Å². The predicted molar refractivity (Wildman–Crippen MR) is 92.0 cm³/mol. The average Bonchev–Trinajstić information content (AvgIpc) is 2.45. The van der Waals surface area contributed by atoms with Crippen molar-refractivity contribution >= 4 is 12.1 Å². The van der Waals surface area contributed by atoms with Gasteiger partial charge in [-0.05, 0) is 61.3 Å². The van der Waals surface area contributed by atoms with Gasteiger partial charge >= 0.3 is 0 Å². The molecule has 4 fully saturated rings. The Kier molecular flexibility index (Phi) is 3.38. The van der Waals surface area contributed by atoms with Gasteiger partial charge in [0.05, 0.1) is 11.6 Å². The fraction of sp³-hybridized carbons (Fsp3) is 0.600. The summed E-state index contributed by atoms with van der Waals surface area (Å²) in [6.45, 7) is 4.70. The quantitative estimate of drug-likeness (QED) is 0.653. The summed E-state index contributed by atoms with van der Waals surface area (Å²) in [6.07, 6.45) is 8.08. The van der Waals surface area contributed by atoms with Gasteiger partial charge in [0, 0.05) is 5.56 Å². The average molecular weight is 328 g/mol. The molecule has 1 aromatic carbocycles. The maximum atomic E-state index is 13.6. The highest BCUT2D eigenvalue weighted by Gasteiger charge is 2.62. The monoisotopic (exact) mass is 328 g/mol. The van der Waals surface area contributed by atoms with Crippen LogP contribution in [0.3, 0.4) is 0 Å². The molecule has 5 rings (SSSR count). The molecule has 3 nitrogen and oxygen atoms in total. The van der Waals surface area contributed by atoms with Gasteiger partial charge in [-0.1, -0.05) is 32.0 Å². The molecule has 0 radical (unpaired) electrons. The number of amides is 1. The molecule has 0 heterocycles. The lowest BCUT2D eigenvalue weighted by atomic mass is 9.40. The molecule has 4 saturated carbocycles. The van der Waals surface area contributed by atoms with Gasteiger partial charge in [-0.15, -0.1) is 0 Å². The summed E-state index contributed by atoms with van der Waals surface area (Å²) in [5.41, 5.74) is 3.41. The van der Waals surface area contributed by atoms with Crippen molar-refractivity contribution < 1.29 is 9.18 Å². The van der Waals surface area contributed by atoms with Crippen molar-refractivity contribution in [3.63, 3.8) is 0 Å². The first-order valence-corrected chi connectivity index (χ1v) is 8.90. The molecule has 4 heteroatoms. The number of benzene rings is 1. The number of rotatable bonds is 3. The van der Waals surface area contributed by atoms with E-state index in [1.807, 2.05) is 0 Å². The molecular weight excluding hydrogens is 303 g/mol. The lowest BCUT2D eigenvalue weighted by molar-refractivity contribution is -0.170. The van der Waals surface area contributed by atoms with Gasteiger partial charge in [-0.25, -0.2) is 9.82 Å². The molecule has 0 aromatic heterocycles. The molecule has 0 saturated heterocycles. The highest BCUT2D eigenvalue weighted by molar-refractivity contribution is 5.86. The third-order valence-electron chi connectivity index (χ3n) is 6.38. The number of hydrogen-bond acceptors (Lipinski definition) is 2. The maximum absolute atomic E-state index is 13.6. The molecule has 0 aliphatic heterocycles. The molecule has 24 heavy (non-hydrogen) atoms. The van der Waals surface area contributed by atoms with Crippen LogP contribution in [0.4, 0.5) is 4.39 Å². The van der Waals surface area contributed by atoms with Crippen molar-refractivity contribution in [2.75, 3.05) is 0 Å². The maximum Gasteiger partial charge on any atom is 0.246 e. The van der Waals surface area contributed by atoms with Crippen molar-refractivity contribution in [1.82, 2.24) is 5.43 Å². The van der Waals surface area contributed by atoms with Gasteiger partial charge in [-0.2, -0.15) is 5.10 Å². The van der Waals surface area contributed by atoms with Gasteiger partial charge in [0.15, 0.2) is 0 Å². The number of hydrogen-bond donors (Lipinski definition) is 1. The van der Waals surface area contributed by atoms with E-state index in [9.17, 15) is 9.18 Å². The Bertz CT molecular complexity index is 695. The van der Waals surface area contributed by atoms with E-state index in [1.54, 1.807) is 18.2 Å². The molecule has 0 spiro atoms. The second-order valence-electron chi connectivity index (χ2n) is 9.13. The SMILES string of the molecule is CC12CC3CC(C)(C1)CC(C(=O)N/N=C/c1ccccc1F)(C3)C2. The zero-order chi connectivity index (χ0) is 17.0. The van der Waals surface area contributed by atoms with E-state index < -0.39 is 0 Å². The van der Waals surface area contributed by atoms with E-state index in [2.05, 4.69) is 24.4 Å². The minimum atomic E-state index is -0.328. The fourth-order valence-electron chi connectivity index (χ4n) is 6.56. The Morgan fingerprint density at radius 2 is 1.83 bits per heavy atom. The third-order valence-corrected chi connectivity index (χ3v) is 6.38. The summed E-state index contributed by atoms with van der Waals surface area (Å²) in [5.74, 6) is 0.361. The Hall–Kier alpha value is -1.71. The van der Waals surface area contributed by atoms with Crippen molar-refractivity contribution in [2.45, 2.75) is 52.4 Å². The normalized spacial score (nSPS) is 40.2. The van der Waals surface area contributed by atoms with E-state index >= 15 is 0 Å². The fourth-order valence-corrected chi connectivity index (χ4v) is 6.56. The Morgan fingerprint density at radius 1 is 1.17 bits per heavy atom. The smallest absolute Gasteiger partial charge is 0.246 e. The zero-order valence-electron chi connectivity index (χ0n) is 14.4. The van der Waals surface area contributed by atoms with E-state index in [0.717, 1.165) is 19.3 Å². The molecule has 4 aliphatic carbocycles. The molecule has 1 N–H and O–H groups in total. The van der Waals surface area contributed by atoms with E-state index in [0.29, 0.717) is 22.3 Å². The highest BCUT2D eigenvalue weighted by Crippen LogP contribution is 2.69. The lowest BCUT2D eigenvalue weighted by Gasteiger charge is -2.64. The van der Waals surface area contributed by atoms with E-state index in [4.69, 9.17) is 0 Å². The lowest BCUT2D eigenvalue weighted by Crippen LogP contribution is -2.59. The number of nitrogens with one attached hydrogen (secondary N) is 1. The van der Waals surface area contributed by atoms with Crippen LogP contribution in [0, 0.1) is 28.0 Å². The Morgan fingerprint density at radius 3 is 2.46 bits per heavy atom. The standard InChI is InChI=1S/C20H25FN2O/c1-18-7-14-8-19(2,11-18)13-20(9-14,12-18)17(24)23-22-10-15-5-3-4-6-16(15)21/h3-6,10,14H,7-9,11-13H2,1-2H3,(H,23,24)/b22-10+. The second-order valence-corrected chi connectivity index (χ2v) is 9.13. The van der Waals surface area contributed by atoms with Crippen LogP contribution in [-0.4, -0.2) is 12.1 Å². The first-order valence-electron chi connectivity index (χ1n) is 8.90. The van der Waals surface area contributed by atoms with Gasteiger partial charge < -0.3 is 0 Å². The zero-order valence-corrected chi connectivity index (χ0v) is 14.4. The first-order chi connectivity index (χ1) is 11.3. The molecular formula is C20H25FN2O. The Balaban J connectivity index is 1.51. The molecule has 1 amide bonds. The summed E-state index contributed by atoms with van der Waals surface area (Å²) in [7, 11) is 0.